The summed E-state index contributed by atoms with van der Waals surface area (Å²) < 4.78 is 20.5. The molecule has 0 radical (unpaired) electrons. The van der Waals surface area contributed by atoms with E-state index in [1.807, 2.05) is 30.3 Å². The molecule has 4 aromatic rings. The predicted molar refractivity (Wildman–Crippen MR) is 100 cm³/mol. The Morgan fingerprint density at radius 1 is 1.07 bits per heavy atom. The summed E-state index contributed by atoms with van der Waals surface area (Å²) in [5.41, 5.74) is 2.14. The lowest BCUT2D eigenvalue weighted by atomic mass is 10.1. The molecular formula is C20H16FN5O2. The lowest BCUT2D eigenvalue weighted by molar-refractivity contribution is 0.0945. The van der Waals surface area contributed by atoms with Crippen LogP contribution in [0.25, 0.3) is 16.9 Å². The number of nitrogens with zero attached hydrogens (tertiary/aromatic N) is 4. The Labute approximate surface area is 159 Å². The molecular weight excluding hydrogens is 361 g/mol. The minimum atomic E-state index is -0.578. The molecule has 7 nitrogen and oxygen atoms in total. The Balaban J connectivity index is 1.57. The summed E-state index contributed by atoms with van der Waals surface area (Å²) in [7, 11) is 1.61. The summed E-state index contributed by atoms with van der Waals surface area (Å²) >= 11 is 0. The number of nitrogens with one attached hydrogen (secondary N) is 1. The fourth-order valence-electron chi connectivity index (χ4n) is 2.76. The number of carbonyl (C=O) groups excluding carboxylic acids is 1. The van der Waals surface area contributed by atoms with Gasteiger partial charge in [0, 0.05) is 5.56 Å². The number of fused-ring (bicyclic) bond motifs is 1. The first kappa shape index (κ1) is 17.6. The van der Waals surface area contributed by atoms with Gasteiger partial charge in [-0.15, -0.1) is 10.2 Å². The van der Waals surface area contributed by atoms with Crippen LogP contribution in [0.1, 0.15) is 16.2 Å². The molecule has 2 aromatic carbocycles. The van der Waals surface area contributed by atoms with Crippen molar-refractivity contribution in [3.63, 3.8) is 0 Å². The summed E-state index contributed by atoms with van der Waals surface area (Å²) in [6, 6.07) is 16.9. The second-order valence-corrected chi connectivity index (χ2v) is 6.00. The lowest BCUT2D eigenvalue weighted by Gasteiger charge is -2.06. The van der Waals surface area contributed by atoms with Gasteiger partial charge in [0.25, 0.3) is 5.91 Å². The summed E-state index contributed by atoms with van der Waals surface area (Å²) in [5, 5.41) is 15.3. The summed E-state index contributed by atoms with van der Waals surface area (Å²) in [6.07, 6.45) is 0. The molecule has 0 saturated carbocycles. The van der Waals surface area contributed by atoms with E-state index in [4.69, 9.17) is 4.74 Å². The summed E-state index contributed by atoms with van der Waals surface area (Å²) in [5.74, 6) is 0.0906. The van der Waals surface area contributed by atoms with Crippen LogP contribution in [0.2, 0.25) is 0 Å². The monoisotopic (exact) mass is 377 g/mol. The normalized spacial score (nSPS) is 10.8. The highest BCUT2D eigenvalue weighted by Crippen LogP contribution is 2.21. The average Bonchev–Trinajstić information content (AvgIpc) is 3.14. The van der Waals surface area contributed by atoms with E-state index in [-0.39, 0.29) is 12.1 Å². The fourth-order valence-corrected chi connectivity index (χ4v) is 2.76. The van der Waals surface area contributed by atoms with Crippen molar-refractivity contribution in [1.82, 2.24) is 25.1 Å². The predicted octanol–water partition coefficient (Wildman–Crippen LogP) is 2.87. The van der Waals surface area contributed by atoms with Crippen LogP contribution in [-0.2, 0) is 6.54 Å². The molecule has 28 heavy (non-hydrogen) atoms. The molecule has 2 aromatic heterocycles. The van der Waals surface area contributed by atoms with Gasteiger partial charge in [0.15, 0.2) is 11.5 Å². The Hall–Kier alpha value is -3.81. The maximum Gasteiger partial charge on any atom is 0.254 e. The first-order chi connectivity index (χ1) is 13.7. The number of hydrogen-bond acceptors (Lipinski definition) is 5. The Bertz CT molecular complexity index is 1140. The van der Waals surface area contributed by atoms with Gasteiger partial charge in [-0.05, 0) is 48.5 Å². The highest BCUT2D eigenvalue weighted by atomic mass is 19.1. The van der Waals surface area contributed by atoms with Crippen molar-refractivity contribution in [3.05, 3.63) is 77.9 Å². The van der Waals surface area contributed by atoms with E-state index in [1.165, 1.54) is 18.2 Å². The number of carbonyl (C=O) groups is 1. The SMILES string of the molecule is COc1ccc(-c2ccc3nnc(CNC(=O)c4ccccc4F)n3n2)cc1. The van der Waals surface area contributed by atoms with Crippen molar-refractivity contribution in [1.29, 1.82) is 0 Å². The molecule has 0 aliphatic heterocycles. The van der Waals surface area contributed by atoms with Crippen molar-refractivity contribution in [3.8, 4) is 17.0 Å². The zero-order valence-electron chi connectivity index (χ0n) is 15.0. The van der Waals surface area contributed by atoms with Crippen LogP contribution in [0.4, 0.5) is 4.39 Å². The van der Waals surface area contributed by atoms with Crippen LogP contribution >= 0.6 is 0 Å². The Morgan fingerprint density at radius 3 is 2.61 bits per heavy atom. The second-order valence-electron chi connectivity index (χ2n) is 6.00. The van der Waals surface area contributed by atoms with Gasteiger partial charge in [-0.3, -0.25) is 4.79 Å². The quantitative estimate of drug-likeness (QED) is 0.578. The Kier molecular flexibility index (Phi) is 4.67. The molecule has 4 rings (SSSR count). The van der Waals surface area contributed by atoms with Gasteiger partial charge in [0.05, 0.1) is 24.9 Å². The van der Waals surface area contributed by atoms with E-state index in [0.29, 0.717) is 11.5 Å². The third kappa shape index (κ3) is 3.39. The fraction of sp³-hybridized carbons (Fsp3) is 0.100. The van der Waals surface area contributed by atoms with Crippen LogP contribution < -0.4 is 10.1 Å². The van der Waals surface area contributed by atoms with E-state index >= 15 is 0 Å². The molecule has 0 atom stereocenters. The van der Waals surface area contributed by atoms with E-state index in [9.17, 15) is 9.18 Å². The average molecular weight is 377 g/mol. The summed E-state index contributed by atoms with van der Waals surface area (Å²) in [4.78, 5) is 12.2. The van der Waals surface area contributed by atoms with Gasteiger partial charge in [-0.1, -0.05) is 12.1 Å². The number of ether oxygens (including phenoxy) is 1. The van der Waals surface area contributed by atoms with E-state index in [0.717, 1.165) is 17.0 Å². The third-order valence-electron chi connectivity index (χ3n) is 4.24. The van der Waals surface area contributed by atoms with Gasteiger partial charge < -0.3 is 10.1 Å². The van der Waals surface area contributed by atoms with Crippen LogP contribution in [0.15, 0.2) is 60.7 Å². The smallest absolute Gasteiger partial charge is 0.254 e. The number of methoxy groups -OCH3 is 1. The molecule has 1 N–H and O–H groups in total. The van der Waals surface area contributed by atoms with E-state index in [1.54, 1.807) is 23.8 Å². The van der Waals surface area contributed by atoms with Crippen molar-refractivity contribution in [2.45, 2.75) is 6.54 Å². The van der Waals surface area contributed by atoms with Crippen molar-refractivity contribution >= 4 is 11.6 Å². The van der Waals surface area contributed by atoms with Crippen LogP contribution in [-0.4, -0.2) is 32.8 Å². The van der Waals surface area contributed by atoms with E-state index in [2.05, 4.69) is 20.6 Å². The minimum absolute atomic E-state index is 0.0248. The van der Waals surface area contributed by atoms with Gasteiger partial charge in [0.2, 0.25) is 0 Å². The molecule has 140 valence electrons. The molecule has 0 spiro atoms. The number of halogens is 1. The second kappa shape index (κ2) is 7.43. The number of hydrogen-bond donors (Lipinski definition) is 1. The maximum absolute atomic E-state index is 13.7. The molecule has 0 unspecified atom stereocenters. The molecule has 8 heteroatoms. The minimum Gasteiger partial charge on any atom is -0.497 e. The first-order valence-corrected chi connectivity index (χ1v) is 8.54. The van der Waals surface area contributed by atoms with Crippen LogP contribution in [0.5, 0.6) is 5.75 Å². The molecule has 0 bridgehead atoms. The van der Waals surface area contributed by atoms with Gasteiger partial charge in [-0.2, -0.15) is 9.61 Å². The zero-order chi connectivity index (χ0) is 19.5. The van der Waals surface area contributed by atoms with Crippen molar-refractivity contribution in [2.24, 2.45) is 0 Å². The topological polar surface area (TPSA) is 81.4 Å². The number of benzene rings is 2. The molecule has 0 aliphatic rings. The molecule has 0 aliphatic carbocycles. The summed E-state index contributed by atoms with van der Waals surface area (Å²) in [6.45, 7) is 0.0629. The largest absolute Gasteiger partial charge is 0.497 e. The molecule has 0 fully saturated rings. The number of rotatable bonds is 5. The van der Waals surface area contributed by atoms with Crippen LogP contribution in [0.3, 0.4) is 0 Å². The van der Waals surface area contributed by atoms with Crippen molar-refractivity contribution < 1.29 is 13.9 Å². The van der Waals surface area contributed by atoms with Crippen LogP contribution in [0, 0.1) is 5.82 Å². The highest BCUT2D eigenvalue weighted by molar-refractivity contribution is 5.94. The third-order valence-corrected chi connectivity index (χ3v) is 4.24. The van der Waals surface area contributed by atoms with Gasteiger partial charge >= 0.3 is 0 Å². The Morgan fingerprint density at radius 2 is 1.86 bits per heavy atom. The standard InChI is InChI=1S/C20H16FN5O2/c1-28-14-8-6-13(7-9-14)17-10-11-18-23-24-19(26(18)25-17)12-22-20(27)15-4-2-3-5-16(15)21/h2-11H,12H2,1H3,(H,22,27). The molecule has 2 heterocycles. The maximum atomic E-state index is 13.7. The zero-order valence-corrected chi connectivity index (χ0v) is 15.0. The van der Waals surface area contributed by atoms with Crippen molar-refractivity contribution in [2.75, 3.05) is 7.11 Å². The van der Waals surface area contributed by atoms with Gasteiger partial charge in [0.1, 0.15) is 11.6 Å². The number of amides is 1. The lowest BCUT2D eigenvalue weighted by Crippen LogP contribution is -2.25. The number of aromatic nitrogens is 4. The first-order valence-electron chi connectivity index (χ1n) is 8.54. The van der Waals surface area contributed by atoms with E-state index < -0.39 is 11.7 Å². The molecule has 1 amide bonds. The van der Waals surface area contributed by atoms with Gasteiger partial charge in [-0.25, -0.2) is 4.39 Å². The molecule has 0 saturated heterocycles. The highest BCUT2D eigenvalue weighted by Gasteiger charge is 2.13.